The van der Waals surface area contributed by atoms with E-state index in [2.05, 4.69) is 10.4 Å². The van der Waals surface area contributed by atoms with Gasteiger partial charge in [0.25, 0.3) is 11.5 Å². The van der Waals surface area contributed by atoms with Gasteiger partial charge in [0, 0.05) is 18.2 Å². The number of carbonyl (C=O) groups is 1. The van der Waals surface area contributed by atoms with Crippen LogP contribution < -0.4 is 21.3 Å². The molecule has 0 spiro atoms. The van der Waals surface area contributed by atoms with Gasteiger partial charge in [0.05, 0.1) is 25.4 Å². The lowest BCUT2D eigenvalue weighted by Crippen LogP contribution is -2.46. The predicted octanol–water partition coefficient (Wildman–Crippen LogP) is 2.01. The minimum absolute atomic E-state index is 0.0585. The van der Waals surface area contributed by atoms with Crippen LogP contribution in [0.3, 0.4) is 0 Å². The third kappa shape index (κ3) is 5.15. The Hall–Kier alpha value is -3.43. The summed E-state index contributed by atoms with van der Waals surface area (Å²) in [6, 6.07) is 13.4. The Kier molecular flexibility index (Phi) is 6.90. The molecule has 1 unspecified atom stereocenters. The van der Waals surface area contributed by atoms with E-state index in [-0.39, 0.29) is 24.9 Å². The zero-order valence-corrected chi connectivity index (χ0v) is 18.7. The molecule has 0 saturated carbocycles. The maximum atomic E-state index is 13.2. The molecule has 9 nitrogen and oxygen atoms in total. The average Bonchev–Trinajstić information content (AvgIpc) is 3.35. The van der Waals surface area contributed by atoms with E-state index in [1.807, 2.05) is 0 Å². The third-order valence-corrected chi connectivity index (χ3v) is 5.59. The van der Waals surface area contributed by atoms with E-state index in [1.54, 1.807) is 48.5 Å². The van der Waals surface area contributed by atoms with Crippen molar-refractivity contribution in [3.8, 4) is 11.4 Å². The third-order valence-electron chi connectivity index (χ3n) is 5.34. The van der Waals surface area contributed by atoms with Crippen LogP contribution in [0, 0.1) is 0 Å². The van der Waals surface area contributed by atoms with E-state index in [0.717, 1.165) is 22.1 Å². The Morgan fingerprint density at radius 3 is 2.73 bits per heavy atom. The molecule has 172 valence electrons. The quantitative estimate of drug-likeness (QED) is 0.566. The second kappa shape index (κ2) is 10.0. The van der Waals surface area contributed by atoms with Crippen molar-refractivity contribution in [3.05, 3.63) is 85.6 Å². The molecule has 1 amide bonds. The number of rotatable bonds is 7. The fraction of sp³-hybridized carbons (Fsp3) is 0.304. The van der Waals surface area contributed by atoms with Gasteiger partial charge in [-0.1, -0.05) is 23.7 Å². The average molecular weight is 471 g/mol. The Balaban J connectivity index is 1.76. The zero-order valence-electron chi connectivity index (χ0n) is 18.0. The van der Waals surface area contributed by atoms with Crippen LogP contribution in [0.25, 0.3) is 5.69 Å². The van der Waals surface area contributed by atoms with Gasteiger partial charge < -0.3 is 14.8 Å². The summed E-state index contributed by atoms with van der Waals surface area (Å²) >= 11 is 5.97. The number of halogens is 1. The maximum Gasteiger partial charge on any atom is 0.352 e. The molecule has 10 heteroatoms. The van der Waals surface area contributed by atoms with Crippen LogP contribution in [-0.4, -0.2) is 46.6 Å². The molecular weight excluding hydrogens is 448 g/mol. The standard InChI is InChI=1S/C23H23ClN4O5/c1-32-18-5-2-4-15(12-18)14-27-22(30)20(21(29)25-13-19-6-3-11-33-19)26-28(23(27)31)17-9-7-16(24)8-10-17/h2,4-5,7-10,12,19H,3,6,11,13-14H2,1H3,(H,25,29). The molecule has 1 N–H and O–H groups in total. The summed E-state index contributed by atoms with van der Waals surface area (Å²) < 4.78 is 12.8. The van der Waals surface area contributed by atoms with Crippen molar-refractivity contribution in [2.24, 2.45) is 0 Å². The van der Waals surface area contributed by atoms with Gasteiger partial charge in [-0.15, -0.1) is 0 Å². The van der Waals surface area contributed by atoms with Crippen LogP contribution in [0.1, 0.15) is 28.9 Å². The van der Waals surface area contributed by atoms with Crippen molar-refractivity contribution in [2.75, 3.05) is 20.3 Å². The van der Waals surface area contributed by atoms with E-state index >= 15 is 0 Å². The lowest BCUT2D eigenvalue weighted by Gasteiger charge is -2.14. The number of ether oxygens (including phenoxy) is 2. The zero-order chi connectivity index (χ0) is 23.4. The van der Waals surface area contributed by atoms with Gasteiger partial charge in [-0.05, 0) is 54.8 Å². The van der Waals surface area contributed by atoms with Crippen molar-refractivity contribution in [2.45, 2.75) is 25.5 Å². The summed E-state index contributed by atoms with van der Waals surface area (Å²) in [7, 11) is 1.53. The molecule has 1 fully saturated rings. The number of benzene rings is 2. The highest BCUT2D eigenvalue weighted by Gasteiger charge is 2.22. The Labute approximate surface area is 194 Å². The fourth-order valence-electron chi connectivity index (χ4n) is 3.60. The molecule has 0 aliphatic carbocycles. The summed E-state index contributed by atoms with van der Waals surface area (Å²) in [4.78, 5) is 39.3. The summed E-state index contributed by atoms with van der Waals surface area (Å²) in [5.41, 5.74) is -0.811. The van der Waals surface area contributed by atoms with E-state index in [4.69, 9.17) is 21.1 Å². The van der Waals surface area contributed by atoms with Gasteiger partial charge in [0.1, 0.15) is 5.75 Å². The molecule has 1 saturated heterocycles. The summed E-state index contributed by atoms with van der Waals surface area (Å²) in [6.45, 7) is 0.848. The van der Waals surface area contributed by atoms with Crippen molar-refractivity contribution in [1.29, 1.82) is 0 Å². The van der Waals surface area contributed by atoms with E-state index in [0.29, 0.717) is 28.6 Å². The molecule has 4 rings (SSSR count). The number of nitrogens with one attached hydrogen (secondary N) is 1. The first-order chi connectivity index (χ1) is 16.0. The minimum atomic E-state index is -0.780. The molecule has 0 bridgehead atoms. The highest BCUT2D eigenvalue weighted by atomic mass is 35.5. The molecule has 33 heavy (non-hydrogen) atoms. The molecule has 3 aromatic rings. The van der Waals surface area contributed by atoms with Gasteiger partial charge >= 0.3 is 5.69 Å². The van der Waals surface area contributed by atoms with E-state index in [1.165, 1.54) is 7.11 Å². The van der Waals surface area contributed by atoms with E-state index in [9.17, 15) is 14.4 Å². The second-order valence-electron chi connectivity index (χ2n) is 7.61. The molecule has 2 aromatic carbocycles. The minimum Gasteiger partial charge on any atom is -0.497 e. The van der Waals surface area contributed by atoms with Crippen molar-refractivity contribution in [1.82, 2.24) is 19.7 Å². The van der Waals surface area contributed by atoms with Crippen LogP contribution in [0.15, 0.2) is 58.1 Å². The van der Waals surface area contributed by atoms with E-state index < -0.39 is 17.2 Å². The van der Waals surface area contributed by atoms with Crippen LogP contribution in [-0.2, 0) is 11.3 Å². The number of nitrogens with zero attached hydrogens (tertiary/aromatic N) is 3. The first-order valence-corrected chi connectivity index (χ1v) is 10.9. The largest absolute Gasteiger partial charge is 0.497 e. The maximum absolute atomic E-state index is 13.2. The topological polar surface area (TPSA) is 104 Å². The van der Waals surface area contributed by atoms with Crippen molar-refractivity contribution < 1.29 is 14.3 Å². The van der Waals surface area contributed by atoms with Gasteiger partial charge in [-0.25, -0.2) is 4.79 Å². The fourth-order valence-corrected chi connectivity index (χ4v) is 3.72. The highest BCUT2D eigenvalue weighted by Crippen LogP contribution is 2.14. The molecular formula is C23H23ClN4O5. The molecule has 2 heterocycles. The second-order valence-corrected chi connectivity index (χ2v) is 8.04. The monoisotopic (exact) mass is 470 g/mol. The first kappa shape index (κ1) is 22.8. The van der Waals surface area contributed by atoms with Crippen LogP contribution >= 0.6 is 11.6 Å². The first-order valence-electron chi connectivity index (χ1n) is 10.5. The number of hydrogen-bond acceptors (Lipinski definition) is 6. The van der Waals surface area contributed by atoms with Crippen molar-refractivity contribution in [3.63, 3.8) is 0 Å². The van der Waals surface area contributed by atoms with Gasteiger partial charge in [0.2, 0.25) is 5.69 Å². The number of methoxy groups -OCH3 is 1. The SMILES string of the molecule is COc1cccc(Cn2c(=O)c(C(=O)NCC3CCCO3)nn(-c3ccc(Cl)cc3)c2=O)c1. The normalized spacial score (nSPS) is 15.4. The summed E-state index contributed by atoms with van der Waals surface area (Å²) in [6.07, 6.45) is 1.65. The molecule has 0 radical (unpaired) electrons. The Morgan fingerprint density at radius 1 is 1.24 bits per heavy atom. The molecule has 1 aliphatic rings. The smallest absolute Gasteiger partial charge is 0.352 e. The van der Waals surface area contributed by atoms with Crippen molar-refractivity contribution >= 4 is 17.5 Å². The number of amides is 1. The number of carbonyl (C=O) groups excluding carboxylic acids is 1. The van der Waals surface area contributed by atoms with Crippen LogP contribution in [0.5, 0.6) is 5.75 Å². The molecule has 1 aromatic heterocycles. The number of hydrogen-bond donors (Lipinski definition) is 1. The van der Waals surface area contributed by atoms with Gasteiger partial charge in [-0.2, -0.15) is 9.78 Å². The number of aromatic nitrogens is 3. The van der Waals surface area contributed by atoms with Crippen LogP contribution in [0.2, 0.25) is 5.02 Å². The van der Waals surface area contributed by atoms with Gasteiger partial charge in [0.15, 0.2) is 0 Å². The lowest BCUT2D eigenvalue weighted by atomic mass is 10.2. The Morgan fingerprint density at radius 2 is 2.03 bits per heavy atom. The van der Waals surface area contributed by atoms with Crippen LogP contribution in [0.4, 0.5) is 0 Å². The molecule has 1 atom stereocenters. The summed E-state index contributed by atoms with van der Waals surface area (Å²) in [5, 5.41) is 7.28. The Bertz CT molecular complexity index is 1260. The summed E-state index contributed by atoms with van der Waals surface area (Å²) in [5.74, 6) is -0.0835. The van der Waals surface area contributed by atoms with Gasteiger partial charge in [-0.3, -0.25) is 14.2 Å². The highest BCUT2D eigenvalue weighted by molar-refractivity contribution is 6.30. The molecule has 1 aliphatic heterocycles. The lowest BCUT2D eigenvalue weighted by molar-refractivity contribution is 0.0849. The predicted molar refractivity (Wildman–Crippen MR) is 123 cm³/mol.